The fraction of sp³-hybridized carbons (Fsp3) is 0.529. The van der Waals surface area contributed by atoms with Crippen LogP contribution in [0.3, 0.4) is 0 Å². The second-order valence-corrected chi connectivity index (χ2v) is 6.00. The van der Waals surface area contributed by atoms with Crippen LogP contribution >= 0.6 is 0 Å². The molecule has 1 aliphatic carbocycles. The van der Waals surface area contributed by atoms with Gasteiger partial charge >= 0.3 is 0 Å². The molecule has 0 bridgehead atoms. The summed E-state index contributed by atoms with van der Waals surface area (Å²) in [6, 6.07) is 7.51. The van der Waals surface area contributed by atoms with Crippen LogP contribution in [-0.2, 0) is 6.42 Å². The van der Waals surface area contributed by atoms with Crippen LogP contribution in [0.2, 0.25) is 0 Å². The molecule has 1 N–H and O–H groups in total. The Kier molecular flexibility index (Phi) is 2.94. The zero-order valence-electron chi connectivity index (χ0n) is 11.2. The monoisotopic (exact) mass is 256 g/mol. The highest BCUT2D eigenvalue weighted by atomic mass is 15.1. The maximum atomic E-state index is 3.56. The Bertz CT molecular complexity index is 611. The van der Waals surface area contributed by atoms with E-state index < -0.39 is 0 Å². The molecule has 0 radical (unpaired) electrons. The molecule has 1 aliphatic heterocycles. The number of fused-ring (bicyclic) bond motifs is 2. The number of piperidine rings is 1. The Morgan fingerprint density at radius 1 is 1.32 bits per heavy atom. The van der Waals surface area contributed by atoms with Crippen molar-refractivity contribution < 1.29 is 0 Å². The van der Waals surface area contributed by atoms with E-state index in [0.717, 1.165) is 5.92 Å². The van der Waals surface area contributed by atoms with Crippen molar-refractivity contribution in [3.05, 3.63) is 35.0 Å². The second-order valence-electron chi connectivity index (χ2n) is 6.00. The van der Waals surface area contributed by atoms with Gasteiger partial charge in [0.15, 0.2) is 0 Å². The fourth-order valence-corrected chi connectivity index (χ4v) is 4.14. The van der Waals surface area contributed by atoms with E-state index in [1.807, 2.05) is 0 Å². The molecule has 102 valence electrons. The SMILES string of the molecule is C.Cc1[nH]c2cccc3c2c1CC1C3CCCN1C. The van der Waals surface area contributed by atoms with Gasteiger partial charge in [0.05, 0.1) is 0 Å². The van der Waals surface area contributed by atoms with Gasteiger partial charge < -0.3 is 9.88 Å². The van der Waals surface area contributed by atoms with Gasteiger partial charge in [0.25, 0.3) is 0 Å². The average Bonchev–Trinajstić information content (AvgIpc) is 2.69. The van der Waals surface area contributed by atoms with Gasteiger partial charge in [-0.3, -0.25) is 0 Å². The highest BCUT2D eigenvalue weighted by molar-refractivity contribution is 5.89. The number of hydrogen-bond acceptors (Lipinski definition) is 1. The quantitative estimate of drug-likeness (QED) is 0.758. The highest BCUT2D eigenvalue weighted by Crippen LogP contribution is 2.43. The van der Waals surface area contributed by atoms with Gasteiger partial charge in [0.2, 0.25) is 0 Å². The van der Waals surface area contributed by atoms with Crippen molar-refractivity contribution in [2.45, 2.75) is 45.6 Å². The lowest BCUT2D eigenvalue weighted by Crippen LogP contribution is -2.44. The first-order valence-corrected chi connectivity index (χ1v) is 7.06. The molecule has 4 rings (SSSR count). The van der Waals surface area contributed by atoms with E-state index in [0.29, 0.717) is 6.04 Å². The molecule has 0 saturated carbocycles. The molecule has 1 aromatic heterocycles. The smallest absolute Gasteiger partial charge is 0.0461 e. The first kappa shape index (κ1) is 12.7. The third kappa shape index (κ3) is 1.66. The number of nitrogens with one attached hydrogen (secondary N) is 1. The van der Waals surface area contributed by atoms with Gasteiger partial charge in [-0.15, -0.1) is 0 Å². The normalized spacial score (nSPS) is 26.0. The minimum Gasteiger partial charge on any atom is -0.358 e. The van der Waals surface area contributed by atoms with Crippen LogP contribution in [0.25, 0.3) is 10.9 Å². The molecule has 2 atom stereocenters. The van der Waals surface area contributed by atoms with Crippen LogP contribution in [-0.4, -0.2) is 29.5 Å². The average molecular weight is 256 g/mol. The molecule has 1 aromatic carbocycles. The van der Waals surface area contributed by atoms with E-state index in [2.05, 4.69) is 42.1 Å². The summed E-state index contributed by atoms with van der Waals surface area (Å²) >= 11 is 0. The lowest BCUT2D eigenvalue weighted by Gasteiger charge is -2.42. The Morgan fingerprint density at radius 2 is 2.16 bits per heavy atom. The number of hydrogen-bond donors (Lipinski definition) is 1. The number of likely N-dealkylation sites (N-methyl/N-ethyl adjacent to an activating group) is 1. The standard InChI is InChI=1S/C16H20N2.CH4/c1-10-13-9-15-11(6-4-8-18(15)2)12-5-3-7-14(17-10)16(12)13;/h3,5,7,11,15,17H,4,6,8-9H2,1-2H3;1H4. The molecule has 2 unspecified atom stereocenters. The maximum Gasteiger partial charge on any atom is 0.0461 e. The van der Waals surface area contributed by atoms with E-state index in [9.17, 15) is 0 Å². The van der Waals surface area contributed by atoms with E-state index in [-0.39, 0.29) is 7.43 Å². The number of aryl methyl sites for hydroxylation is 1. The summed E-state index contributed by atoms with van der Waals surface area (Å²) in [5.74, 6) is 0.746. The van der Waals surface area contributed by atoms with E-state index in [1.165, 1.54) is 42.4 Å². The molecule has 2 heterocycles. The summed E-state index contributed by atoms with van der Waals surface area (Å²) in [7, 11) is 2.30. The molecule has 0 amide bonds. The van der Waals surface area contributed by atoms with Crippen molar-refractivity contribution in [3.63, 3.8) is 0 Å². The predicted molar refractivity (Wildman–Crippen MR) is 81.9 cm³/mol. The van der Waals surface area contributed by atoms with E-state index >= 15 is 0 Å². The number of benzene rings is 1. The summed E-state index contributed by atoms with van der Waals surface area (Å²) in [6.07, 6.45) is 3.93. The van der Waals surface area contributed by atoms with Crippen LogP contribution in [0.15, 0.2) is 18.2 Å². The van der Waals surface area contributed by atoms with Crippen LogP contribution in [0.1, 0.15) is 43.0 Å². The Morgan fingerprint density at radius 3 is 3.00 bits per heavy atom. The van der Waals surface area contributed by atoms with Crippen molar-refractivity contribution in [2.75, 3.05) is 13.6 Å². The van der Waals surface area contributed by atoms with Crippen LogP contribution in [0.5, 0.6) is 0 Å². The molecule has 0 spiro atoms. The van der Waals surface area contributed by atoms with Gasteiger partial charge in [0.1, 0.15) is 0 Å². The molecular formula is C17H24N2. The lowest BCUT2D eigenvalue weighted by molar-refractivity contribution is 0.157. The highest BCUT2D eigenvalue weighted by Gasteiger charge is 2.36. The summed E-state index contributed by atoms with van der Waals surface area (Å²) in [5, 5.41) is 1.53. The molecule has 1 saturated heterocycles. The lowest BCUT2D eigenvalue weighted by atomic mass is 9.75. The van der Waals surface area contributed by atoms with Crippen molar-refractivity contribution in [2.24, 2.45) is 0 Å². The third-order valence-electron chi connectivity index (χ3n) is 5.04. The van der Waals surface area contributed by atoms with Gasteiger partial charge in [-0.2, -0.15) is 0 Å². The van der Waals surface area contributed by atoms with Crippen LogP contribution in [0.4, 0.5) is 0 Å². The summed E-state index contributed by atoms with van der Waals surface area (Å²) in [6.45, 7) is 3.48. The maximum absolute atomic E-state index is 3.56. The van der Waals surface area contributed by atoms with E-state index in [1.54, 1.807) is 11.1 Å². The Balaban J connectivity index is 0.00000110. The van der Waals surface area contributed by atoms with Gasteiger partial charge in [-0.25, -0.2) is 0 Å². The number of rotatable bonds is 0. The topological polar surface area (TPSA) is 19.0 Å². The van der Waals surface area contributed by atoms with E-state index in [4.69, 9.17) is 0 Å². The number of H-pyrrole nitrogens is 1. The molecular weight excluding hydrogens is 232 g/mol. The van der Waals surface area contributed by atoms with Gasteiger partial charge in [0, 0.05) is 28.6 Å². The summed E-state index contributed by atoms with van der Waals surface area (Å²) in [4.78, 5) is 6.14. The zero-order chi connectivity index (χ0) is 12.3. The number of nitrogens with zero attached hydrogens (tertiary/aromatic N) is 1. The third-order valence-corrected chi connectivity index (χ3v) is 5.04. The Hall–Kier alpha value is -1.28. The Labute approximate surface area is 115 Å². The van der Waals surface area contributed by atoms with Crippen molar-refractivity contribution in [3.8, 4) is 0 Å². The largest absolute Gasteiger partial charge is 0.358 e. The minimum absolute atomic E-state index is 0. The van der Waals surface area contributed by atoms with Gasteiger partial charge in [-0.1, -0.05) is 19.6 Å². The first-order valence-electron chi connectivity index (χ1n) is 7.06. The number of aromatic amines is 1. The molecule has 2 aromatic rings. The van der Waals surface area contributed by atoms with Crippen molar-refractivity contribution >= 4 is 10.9 Å². The molecule has 2 heteroatoms. The van der Waals surface area contributed by atoms with Crippen LogP contribution < -0.4 is 0 Å². The van der Waals surface area contributed by atoms with Crippen LogP contribution in [0, 0.1) is 6.92 Å². The predicted octanol–water partition coefficient (Wildman–Crippen LogP) is 3.85. The summed E-state index contributed by atoms with van der Waals surface area (Å²) < 4.78 is 0. The molecule has 19 heavy (non-hydrogen) atoms. The molecule has 1 fully saturated rings. The van der Waals surface area contributed by atoms with Crippen molar-refractivity contribution in [1.29, 1.82) is 0 Å². The van der Waals surface area contributed by atoms with Crippen molar-refractivity contribution in [1.82, 2.24) is 9.88 Å². The first-order chi connectivity index (χ1) is 8.75. The molecule has 2 nitrogen and oxygen atoms in total. The fourth-order valence-electron chi connectivity index (χ4n) is 4.14. The number of aromatic nitrogens is 1. The summed E-state index contributed by atoms with van der Waals surface area (Å²) in [5.41, 5.74) is 5.87. The second kappa shape index (κ2) is 4.38. The number of likely N-dealkylation sites (tertiary alicyclic amines) is 1. The van der Waals surface area contributed by atoms with Gasteiger partial charge in [-0.05, 0) is 57.0 Å². The zero-order valence-corrected chi connectivity index (χ0v) is 11.2. The minimum atomic E-state index is 0. The molecule has 2 aliphatic rings.